The molecular weight excluding hydrogens is 392 g/mol. The van der Waals surface area contributed by atoms with Crippen molar-refractivity contribution in [3.05, 3.63) is 53.9 Å². The van der Waals surface area contributed by atoms with Crippen molar-refractivity contribution in [1.29, 1.82) is 0 Å². The minimum absolute atomic E-state index is 0.0659. The van der Waals surface area contributed by atoms with E-state index in [0.29, 0.717) is 12.2 Å². The van der Waals surface area contributed by atoms with Gasteiger partial charge in [0.2, 0.25) is 0 Å². The Kier molecular flexibility index (Phi) is 5.26. The predicted octanol–water partition coefficient (Wildman–Crippen LogP) is 3.96. The van der Waals surface area contributed by atoms with Crippen LogP contribution < -0.4 is 0 Å². The fourth-order valence-corrected chi connectivity index (χ4v) is 2.76. The van der Waals surface area contributed by atoms with Crippen molar-refractivity contribution >= 4 is 6.09 Å². The average molecular weight is 407 g/mol. The van der Waals surface area contributed by atoms with E-state index in [1.807, 2.05) is 30.3 Å². The number of rotatable bonds is 4. The molecule has 11 heteroatoms. The van der Waals surface area contributed by atoms with Gasteiger partial charge >= 0.3 is 18.4 Å². The van der Waals surface area contributed by atoms with Gasteiger partial charge in [0.15, 0.2) is 0 Å². The van der Waals surface area contributed by atoms with Crippen molar-refractivity contribution < 1.29 is 35.9 Å². The zero-order valence-electron chi connectivity index (χ0n) is 14.2. The lowest BCUT2D eigenvalue weighted by molar-refractivity contribution is -0.308. The summed E-state index contributed by atoms with van der Waals surface area (Å²) >= 11 is 0. The molecule has 1 aromatic carbocycles. The number of hydrogen-bond donors (Lipinski definition) is 0. The molecule has 0 unspecified atom stereocenters. The van der Waals surface area contributed by atoms with Gasteiger partial charge in [-0.1, -0.05) is 30.3 Å². The molecule has 1 saturated heterocycles. The van der Waals surface area contributed by atoms with Crippen LogP contribution in [0.1, 0.15) is 17.2 Å². The van der Waals surface area contributed by atoms with Crippen molar-refractivity contribution in [2.24, 2.45) is 0 Å². The van der Waals surface area contributed by atoms with Gasteiger partial charge in [0.25, 0.3) is 6.10 Å². The third-order valence-electron chi connectivity index (χ3n) is 4.22. The quantitative estimate of drug-likeness (QED) is 0.721. The molecule has 0 aliphatic carbocycles. The molecule has 152 valence electrons. The topological polar surface area (TPSA) is 47.4 Å². The van der Waals surface area contributed by atoms with Crippen LogP contribution in [0.5, 0.6) is 0 Å². The number of nitrogens with zero attached hydrogens (tertiary/aromatic N) is 3. The van der Waals surface area contributed by atoms with Crippen LogP contribution in [0.25, 0.3) is 0 Å². The Balaban J connectivity index is 1.55. The molecule has 5 nitrogen and oxygen atoms in total. The summed E-state index contributed by atoms with van der Waals surface area (Å²) in [5.41, 5.74) is 1.62. The Bertz CT molecular complexity index is 798. The number of carbonyl (C=O) groups excluding carboxylic acids is 1. The van der Waals surface area contributed by atoms with Crippen molar-refractivity contribution in [2.75, 3.05) is 13.1 Å². The summed E-state index contributed by atoms with van der Waals surface area (Å²) in [4.78, 5) is 12.4. The van der Waals surface area contributed by atoms with Crippen molar-refractivity contribution in [3.8, 4) is 0 Å². The van der Waals surface area contributed by atoms with E-state index in [9.17, 15) is 31.1 Å². The summed E-state index contributed by atoms with van der Waals surface area (Å²) in [7, 11) is 0. The Hall–Kier alpha value is -2.72. The van der Waals surface area contributed by atoms with Gasteiger partial charge in [-0.15, -0.1) is 0 Å². The molecule has 3 rings (SSSR count). The number of carbonyl (C=O) groups is 1. The van der Waals surface area contributed by atoms with Gasteiger partial charge in [-0.2, -0.15) is 31.4 Å². The molecule has 0 radical (unpaired) electrons. The molecule has 0 bridgehead atoms. The number of aromatic nitrogens is 2. The number of amides is 1. The summed E-state index contributed by atoms with van der Waals surface area (Å²) in [6.45, 7) is 0.380. The lowest BCUT2D eigenvalue weighted by Crippen LogP contribution is -2.53. The Labute approximate surface area is 155 Å². The first-order chi connectivity index (χ1) is 13.0. The molecule has 1 amide bonds. The van der Waals surface area contributed by atoms with E-state index in [1.165, 1.54) is 0 Å². The normalized spacial score (nSPS) is 15.6. The molecule has 1 aliphatic rings. The van der Waals surface area contributed by atoms with Crippen LogP contribution in [0.15, 0.2) is 42.6 Å². The van der Waals surface area contributed by atoms with Crippen LogP contribution >= 0.6 is 0 Å². The summed E-state index contributed by atoms with van der Waals surface area (Å²) in [6.07, 6.45) is -15.5. The summed E-state index contributed by atoms with van der Waals surface area (Å²) in [5.74, 6) is -0.278. The van der Waals surface area contributed by atoms with E-state index >= 15 is 0 Å². The zero-order chi connectivity index (χ0) is 20.5. The van der Waals surface area contributed by atoms with Crippen molar-refractivity contribution in [3.63, 3.8) is 0 Å². The van der Waals surface area contributed by atoms with E-state index in [-0.39, 0.29) is 19.0 Å². The minimum Gasteiger partial charge on any atom is -0.426 e. The molecule has 2 heterocycles. The van der Waals surface area contributed by atoms with Crippen LogP contribution in [0, 0.1) is 0 Å². The van der Waals surface area contributed by atoms with E-state index in [4.69, 9.17) is 0 Å². The lowest BCUT2D eigenvalue weighted by Gasteiger charge is -2.38. The fraction of sp³-hybridized carbons (Fsp3) is 0.412. The van der Waals surface area contributed by atoms with Gasteiger partial charge in [-0.05, 0) is 11.6 Å². The first-order valence-electron chi connectivity index (χ1n) is 8.20. The highest BCUT2D eigenvalue weighted by atomic mass is 19.4. The Morgan fingerprint density at radius 1 is 1.07 bits per heavy atom. The predicted molar refractivity (Wildman–Crippen MR) is 84.5 cm³/mol. The smallest absolute Gasteiger partial charge is 0.426 e. The monoisotopic (exact) mass is 407 g/mol. The van der Waals surface area contributed by atoms with E-state index in [1.54, 1.807) is 16.9 Å². The van der Waals surface area contributed by atoms with E-state index in [0.717, 1.165) is 10.5 Å². The van der Waals surface area contributed by atoms with Crippen LogP contribution in [-0.2, 0) is 11.3 Å². The first-order valence-corrected chi connectivity index (χ1v) is 8.20. The highest BCUT2D eigenvalue weighted by molar-refractivity contribution is 5.69. The second-order valence-electron chi connectivity index (χ2n) is 6.37. The van der Waals surface area contributed by atoms with Gasteiger partial charge < -0.3 is 9.64 Å². The summed E-state index contributed by atoms with van der Waals surface area (Å²) in [5, 5.41) is 4.34. The Morgan fingerprint density at radius 2 is 1.68 bits per heavy atom. The maximum Gasteiger partial charge on any atom is 0.434 e. The molecule has 0 atom stereocenters. The highest BCUT2D eigenvalue weighted by Crippen LogP contribution is 2.37. The largest absolute Gasteiger partial charge is 0.434 e. The van der Waals surface area contributed by atoms with Crippen LogP contribution in [0.2, 0.25) is 0 Å². The van der Waals surface area contributed by atoms with Gasteiger partial charge in [0.1, 0.15) is 0 Å². The van der Waals surface area contributed by atoms with Gasteiger partial charge in [-0.25, -0.2) is 4.79 Å². The molecule has 1 aromatic heterocycles. The third-order valence-corrected chi connectivity index (χ3v) is 4.22. The molecule has 1 aliphatic heterocycles. The number of halogens is 6. The standard InChI is InChI=1S/C17H15F6N3O2/c18-16(19,20)14(17(21,22)23)28-15(27)25-9-12(10-25)13-6-7-26(24-13)8-11-4-2-1-3-5-11/h1-7,12,14H,8-10H2. The number of hydrogen-bond acceptors (Lipinski definition) is 3. The number of benzene rings is 1. The van der Waals surface area contributed by atoms with Crippen LogP contribution in [0.4, 0.5) is 31.1 Å². The second kappa shape index (κ2) is 7.36. The molecule has 0 N–H and O–H groups in total. The highest BCUT2D eigenvalue weighted by Gasteiger charge is 2.60. The van der Waals surface area contributed by atoms with E-state index in [2.05, 4.69) is 9.84 Å². The molecule has 2 aromatic rings. The van der Waals surface area contributed by atoms with Crippen LogP contribution in [0.3, 0.4) is 0 Å². The SMILES string of the molecule is O=C(OC(C(F)(F)F)C(F)(F)F)N1CC(c2ccn(Cc3ccccc3)n2)C1. The first kappa shape index (κ1) is 20.0. The number of likely N-dealkylation sites (tertiary alicyclic amines) is 1. The maximum absolute atomic E-state index is 12.5. The van der Waals surface area contributed by atoms with Gasteiger partial charge in [0.05, 0.1) is 12.2 Å². The summed E-state index contributed by atoms with van der Waals surface area (Å²) < 4.78 is 80.1. The fourth-order valence-electron chi connectivity index (χ4n) is 2.76. The van der Waals surface area contributed by atoms with Gasteiger partial charge in [-0.3, -0.25) is 4.68 Å². The summed E-state index contributed by atoms with van der Waals surface area (Å²) in [6, 6.07) is 11.2. The zero-order valence-corrected chi connectivity index (χ0v) is 14.2. The molecule has 0 spiro atoms. The van der Waals surface area contributed by atoms with Crippen molar-refractivity contribution in [2.45, 2.75) is 30.9 Å². The van der Waals surface area contributed by atoms with Crippen LogP contribution in [-0.4, -0.2) is 52.3 Å². The van der Waals surface area contributed by atoms with Gasteiger partial charge in [0, 0.05) is 25.2 Å². The number of ether oxygens (including phenoxy) is 1. The molecule has 1 fully saturated rings. The van der Waals surface area contributed by atoms with E-state index < -0.39 is 24.5 Å². The molecule has 28 heavy (non-hydrogen) atoms. The van der Waals surface area contributed by atoms with Crippen molar-refractivity contribution in [1.82, 2.24) is 14.7 Å². The molecule has 0 saturated carbocycles. The third kappa shape index (κ3) is 4.57. The lowest BCUT2D eigenvalue weighted by atomic mass is 9.97. The molecular formula is C17H15F6N3O2. The average Bonchev–Trinajstić information content (AvgIpc) is 2.98. The minimum atomic E-state index is -5.73. The number of alkyl halides is 6. The maximum atomic E-state index is 12.5. The second-order valence-corrected chi connectivity index (χ2v) is 6.37. The Morgan fingerprint density at radius 3 is 2.25 bits per heavy atom.